The summed E-state index contributed by atoms with van der Waals surface area (Å²) >= 11 is 0. The number of nitrogens with one attached hydrogen (secondary N) is 1. The van der Waals surface area contributed by atoms with Gasteiger partial charge in [-0.15, -0.1) is 0 Å². The molecule has 1 saturated heterocycles. The maximum absolute atomic E-state index is 12.8. The molecule has 0 saturated carbocycles. The first-order valence-corrected chi connectivity index (χ1v) is 7.88. The zero-order chi connectivity index (χ0) is 15.9. The number of para-hydroxylation sites is 1. The van der Waals surface area contributed by atoms with Crippen molar-refractivity contribution in [3.05, 3.63) is 29.8 Å². The van der Waals surface area contributed by atoms with Crippen molar-refractivity contribution < 1.29 is 14.3 Å². The smallest absolute Gasteiger partial charge is 0.236 e. The van der Waals surface area contributed by atoms with Crippen LogP contribution in [0.5, 0.6) is 5.75 Å². The topological polar surface area (TPSA) is 58.6 Å². The summed E-state index contributed by atoms with van der Waals surface area (Å²) in [5, 5.41) is 2.89. The summed E-state index contributed by atoms with van der Waals surface area (Å²) in [7, 11) is 0. The molecule has 0 spiro atoms. The van der Waals surface area contributed by atoms with Gasteiger partial charge in [-0.2, -0.15) is 0 Å². The number of amides is 2. The molecule has 118 valence electrons. The Kier molecular flexibility index (Phi) is 3.59. The average Bonchev–Trinajstić information content (AvgIpc) is 2.47. The molecule has 2 aliphatic rings. The average molecular weight is 302 g/mol. The Labute approximate surface area is 130 Å². The van der Waals surface area contributed by atoms with Gasteiger partial charge < -0.3 is 15.0 Å². The van der Waals surface area contributed by atoms with Gasteiger partial charge >= 0.3 is 0 Å². The summed E-state index contributed by atoms with van der Waals surface area (Å²) in [5.74, 6) is -0.357. The van der Waals surface area contributed by atoms with E-state index in [1.165, 1.54) is 0 Å². The maximum Gasteiger partial charge on any atom is 0.236 e. The number of carbonyl (C=O) groups excluding carboxylic acids is 2. The zero-order valence-corrected chi connectivity index (χ0v) is 13.3. The van der Waals surface area contributed by atoms with Crippen molar-refractivity contribution >= 4 is 11.8 Å². The third-order valence-corrected chi connectivity index (χ3v) is 4.68. The highest BCUT2D eigenvalue weighted by Gasteiger charge is 2.52. The van der Waals surface area contributed by atoms with E-state index in [0.717, 1.165) is 11.3 Å². The number of rotatable bonds is 3. The number of nitrogens with zero attached hydrogens (tertiary/aromatic N) is 1. The number of ether oxygens (including phenoxy) is 1. The predicted octanol–water partition coefficient (Wildman–Crippen LogP) is 1.88. The Morgan fingerprint density at radius 2 is 2.05 bits per heavy atom. The Hall–Kier alpha value is -2.04. The van der Waals surface area contributed by atoms with Crippen LogP contribution in [0.25, 0.3) is 0 Å². The summed E-state index contributed by atoms with van der Waals surface area (Å²) in [5.41, 5.74) is 0.233. The van der Waals surface area contributed by atoms with E-state index in [0.29, 0.717) is 19.5 Å². The molecule has 3 atom stereocenters. The summed E-state index contributed by atoms with van der Waals surface area (Å²) in [6.07, 6.45) is 0.618. The monoisotopic (exact) mass is 302 g/mol. The first-order valence-electron chi connectivity index (χ1n) is 7.88. The quantitative estimate of drug-likeness (QED) is 0.867. The lowest BCUT2D eigenvalue weighted by atomic mass is 9.74. The van der Waals surface area contributed by atoms with Crippen LogP contribution in [0.4, 0.5) is 0 Å². The van der Waals surface area contributed by atoms with Gasteiger partial charge in [0.25, 0.3) is 0 Å². The van der Waals surface area contributed by atoms with Crippen molar-refractivity contribution in [1.29, 1.82) is 0 Å². The molecule has 1 fully saturated rings. The van der Waals surface area contributed by atoms with Gasteiger partial charge in [-0.3, -0.25) is 9.59 Å². The van der Waals surface area contributed by atoms with Crippen molar-refractivity contribution in [3.63, 3.8) is 0 Å². The van der Waals surface area contributed by atoms with Crippen LogP contribution in [0.1, 0.15) is 38.7 Å². The van der Waals surface area contributed by atoms with Crippen molar-refractivity contribution in [1.82, 2.24) is 10.2 Å². The van der Waals surface area contributed by atoms with Crippen LogP contribution < -0.4 is 10.1 Å². The highest BCUT2D eigenvalue weighted by Crippen LogP contribution is 2.46. The molecule has 1 N–H and O–H groups in total. The Morgan fingerprint density at radius 3 is 2.73 bits per heavy atom. The molecule has 2 aliphatic heterocycles. The molecule has 2 bridgehead atoms. The third kappa shape index (κ3) is 2.25. The third-order valence-electron chi connectivity index (χ3n) is 4.68. The summed E-state index contributed by atoms with van der Waals surface area (Å²) in [6.45, 7) is 6.96. The minimum atomic E-state index is -0.726. The lowest BCUT2D eigenvalue weighted by Gasteiger charge is -2.47. The predicted molar refractivity (Wildman–Crippen MR) is 82.4 cm³/mol. The molecule has 0 radical (unpaired) electrons. The van der Waals surface area contributed by atoms with Gasteiger partial charge in [0.2, 0.25) is 11.8 Å². The number of piperidine rings is 1. The van der Waals surface area contributed by atoms with Crippen LogP contribution in [-0.4, -0.2) is 35.5 Å². The molecule has 5 heteroatoms. The van der Waals surface area contributed by atoms with E-state index in [9.17, 15) is 9.59 Å². The van der Waals surface area contributed by atoms with Gasteiger partial charge in [0, 0.05) is 25.4 Å². The number of benzene rings is 1. The summed E-state index contributed by atoms with van der Waals surface area (Å²) in [4.78, 5) is 27.1. The van der Waals surface area contributed by atoms with Crippen molar-refractivity contribution in [3.8, 4) is 5.75 Å². The van der Waals surface area contributed by atoms with E-state index in [-0.39, 0.29) is 17.7 Å². The van der Waals surface area contributed by atoms with Crippen molar-refractivity contribution in [2.24, 2.45) is 5.92 Å². The van der Waals surface area contributed by atoms with E-state index in [2.05, 4.69) is 5.32 Å². The van der Waals surface area contributed by atoms with Gasteiger partial charge in [-0.05, 0) is 32.4 Å². The molecule has 22 heavy (non-hydrogen) atoms. The standard InChI is InChI=1S/C17H22N2O3/c1-4-19(5-2)16(21)14-12-10-17(3,18-15(14)20)22-13-9-7-6-8-11(12)13/h6-9,12,14H,4-5,10H2,1-3H3,(H,18,20)/t12-,14?,17+/m0/s1. The zero-order valence-electron chi connectivity index (χ0n) is 13.3. The minimum absolute atomic E-state index is 0.0914. The molecule has 2 amide bonds. The summed E-state index contributed by atoms with van der Waals surface area (Å²) < 4.78 is 5.95. The first kappa shape index (κ1) is 14.9. The molecule has 0 aliphatic carbocycles. The Morgan fingerprint density at radius 1 is 1.36 bits per heavy atom. The Balaban J connectivity index is 2.03. The molecule has 1 unspecified atom stereocenters. The number of hydrogen-bond acceptors (Lipinski definition) is 3. The van der Waals surface area contributed by atoms with E-state index in [4.69, 9.17) is 4.74 Å². The lowest BCUT2D eigenvalue weighted by molar-refractivity contribution is -0.152. The largest absolute Gasteiger partial charge is 0.468 e. The van der Waals surface area contributed by atoms with Gasteiger partial charge in [0.15, 0.2) is 5.72 Å². The molecule has 1 aromatic rings. The maximum atomic E-state index is 12.8. The highest BCUT2D eigenvalue weighted by atomic mass is 16.5. The van der Waals surface area contributed by atoms with E-state index in [1.807, 2.05) is 45.0 Å². The van der Waals surface area contributed by atoms with Crippen molar-refractivity contribution in [2.75, 3.05) is 13.1 Å². The van der Waals surface area contributed by atoms with E-state index < -0.39 is 11.6 Å². The second-order valence-corrected chi connectivity index (χ2v) is 6.16. The van der Waals surface area contributed by atoms with Gasteiger partial charge in [0.1, 0.15) is 11.7 Å². The first-order chi connectivity index (χ1) is 10.5. The molecular weight excluding hydrogens is 280 g/mol. The van der Waals surface area contributed by atoms with Gasteiger partial charge in [-0.25, -0.2) is 0 Å². The minimum Gasteiger partial charge on any atom is -0.468 e. The van der Waals surface area contributed by atoms with Crippen LogP contribution in [0, 0.1) is 5.92 Å². The molecular formula is C17H22N2O3. The fourth-order valence-corrected chi connectivity index (χ4v) is 3.61. The van der Waals surface area contributed by atoms with Crippen LogP contribution in [0.15, 0.2) is 24.3 Å². The Bertz CT molecular complexity index is 612. The molecule has 5 nitrogen and oxygen atoms in total. The lowest BCUT2D eigenvalue weighted by Crippen LogP contribution is -2.63. The summed E-state index contributed by atoms with van der Waals surface area (Å²) in [6, 6.07) is 7.69. The molecule has 1 aromatic carbocycles. The molecule has 0 aromatic heterocycles. The van der Waals surface area contributed by atoms with Crippen LogP contribution in [0.2, 0.25) is 0 Å². The number of carbonyl (C=O) groups is 2. The van der Waals surface area contributed by atoms with Gasteiger partial charge in [0.05, 0.1) is 0 Å². The van der Waals surface area contributed by atoms with E-state index in [1.54, 1.807) is 4.90 Å². The molecule has 2 heterocycles. The second kappa shape index (κ2) is 5.30. The fourth-order valence-electron chi connectivity index (χ4n) is 3.61. The highest BCUT2D eigenvalue weighted by molar-refractivity contribution is 6.02. The van der Waals surface area contributed by atoms with Crippen LogP contribution in [-0.2, 0) is 9.59 Å². The van der Waals surface area contributed by atoms with Crippen molar-refractivity contribution in [2.45, 2.75) is 38.8 Å². The normalized spacial score (nSPS) is 29.1. The van der Waals surface area contributed by atoms with Crippen LogP contribution >= 0.6 is 0 Å². The number of fused-ring (bicyclic) bond motifs is 4. The number of hydrogen-bond donors (Lipinski definition) is 1. The fraction of sp³-hybridized carbons (Fsp3) is 0.529. The second-order valence-electron chi connectivity index (χ2n) is 6.16. The van der Waals surface area contributed by atoms with E-state index >= 15 is 0 Å². The van der Waals surface area contributed by atoms with Gasteiger partial charge in [-0.1, -0.05) is 18.2 Å². The SMILES string of the molecule is CCN(CC)C(=O)C1C(=O)N[C@@]2(C)C[C@H]1c1ccccc1O2. The molecule has 3 rings (SSSR count). The van der Waals surface area contributed by atoms with Crippen LogP contribution in [0.3, 0.4) is 0 Å².